The van der Waals surface area contributed by atoms with E-state index in [0.717, 1.165) is 12.8 Å². The zero-order chi connectivity index (χ0) is 11.7. The van der Waals surface area contributed by atoms with Gasteiger partial charge in [-0.25, -0.2) is 0 Å². The summed E-state index contributed by atoms with van der Waals surface area (Å²) in [6.45, 7) is 12.4. The van der Waals surface area contributed by atoms with Crippen molar-refractivity contribution in [3.05, 3.63) is 48.1 Å². The third-order valence-corrected chi connectivity index (χ3v) is 2.26. The molecule has 0 aromatic heterocycles. The topological polar surface area (TPSA) is 0 Å². The van der Waals surface area contributed by atoms with Crippen molar-refractivity contribution in [3.63, 3.8) is 0 Å². The predicted octanol–water partition coefficient (Wildman–Crippen LogP) is 5.06. The van der Waals surface area contributed by atoms with Crippen LogP contribution in [0.15, 0.2) is 48.1 Å². The first-order chi connectivity index (χ1) is 7.06. The molecule has 0 bridgehead atoms. The molecule has 0 N–H and O–H groups in total. The van der Waals surface area contributed by atoms with E-state index in [-0.39, 0.29) is 0 Å². The molecule has 0 aromatic rings. The first-order valence-corrected chi connectivity index (χ1v) is 5.66. The maximum atomic E-state index is 3.75. The molecule has 0 amide bonds. The summed E-state index contributed by atoms with van der Waals surface area (Å²) < 4.78 is 0. The Morgan fingerprint density at radius 3 is 2.47 bits per heavy atom. The van der Waals surface area contributed by atoms with E-state index >= 15 is 0 Å². The number of allylic oxidation sites excluding steroid dienone is 7. The van der Waals surface area contributed by atoms with Gasteiger partial charge >= 0.3 is 0 Å². The lowest BCUT2D eigenvalue weighted by atomic mass is 10.1. The van der Waals surface area contributed by atoms with E-state index in [1.807, 2.05) is 6.08 Å². The first-order valence-electron chi connectivity index (χ1n) is 5.66. The summed E-state index contributed by atoms with van der Waals surface area (Å²) in [7, 11) is 0. The molecule has 0 aliphatic carbocycles. The van der Waals surface area contributed by atoms with E-state index in [2.05, 4.69) is 58.6 Å². The standard InChI is InChI=1S/C15H24/c1-6-14(4)10-8-12-15(5)11-7-9-13(2)3/h6,8-10,12,14H,1,7,11H2,2-5H3. The third kappa shape index (κ3) is 9.27. The largest absolute Gasteiger partial charge is 0.102 e. The summed E-state index contributed by atoms with van der Waals surface area (Å²) in [6.07, 6.45) is 13.0. The van der Waals surface area contributed by atoms with Crippen molar-refractivity contribution in [3.8, 4) is 0 Å². The van der Waals surface area contributed by atoms with Crippen LogP contribution in [0.4, 0.5) is 0 Å². The van der Waals surface area contributed by atoms with Crippen molar-refractivity contribution in [1.29, 1.82) is 0 Å². The summed E-state index contributed by atoms with van der Waals surface area (Å²) in [5, 5.41) is 0. The van der Waals surface area contributed by atoms with Gasteiger partial charge < -0.3 is 0 Å². The predicted molar refractivity (Wildman–Crippen MR) is 70.9 cm³/mol. The van der Waals surface area contributed by atoms with Gasteiger partial charge in [-0.1, -0.05) is 48.5 Å². The van der Waals surface area contributed by atoms with E-state index in [1.54, 1.807) is 0 Å². The van der Waals surface area contributed by atoms with Gasteiger partial charge in [0.25, 0.3) is 0 Å². The fourth-order valence-electron chi connectivity index (χ4n) is 1.15. The van der Waals surface area contributed by atoms with Gasteiger partial charge in [-0.3, -0.25) is 0 Å². The SMILES string of the molecule is C=CC(C)C=CC=C(C)CCC=C(C)C. The molecule has 0 fully saturated rings. The van der Waals surface area contributed by atoms with E-state index < -0.39 is 0 Å². The molecule has 0 radical (unpaired) electrons. The minimum absolute atomic E-state index is 0.465. The van der Waals surface area contributed by atoms with Gasteiger partial charge in [0.05, 0.1) is 0 Å². The van der Waals surface area contributed by atoms with Gasteiger partial charge in [0.1, 0.15) is 0 Å². The van der Waals surface area contributed by atoms with Crippen molar-refractivity contribution < 1.29 is 0 Å². The highest BCUT2D eigenvalue weighted by Crippen LogP contribution is 2.07. The Morgan fingerprint density at radius 1 is 1.27 bits per heavy atom. The van der Waals surface area contributed by atoms with Crippen LogP contribution in [0.1, 0.15) is 40.5 Å². The van der Waals surface area contributed by atoms with Crippen LogP contribution in [0, 0.1) is 5.92 Å². The number of hydrogen-bond donors (Lipinski definition) is 0. The fraction of sp³-hybridized carbons (Fsp3) is 0.467. The summed E-state index contributed by atoms with van der Waals surface area (Å²) in [6, 6.07) is 0. The van der Waals surface area contributed by atoms with Crippen LogP contribution in [-0.4, -0.2) is 0 Å². The van der Waals surface area contributed by atoms with Crippen molar-refractivity contribution >= 4 is 0 Å². The minimum atomic E-state index is 0.465. The Balaban J connectivity index is 3.94. The first kappa shape index (κ1) is 14.0. The van der Waals surface area contributed by atoms with Gasteiger partial charge in [-0.15, -0.1) is 6.58 Å². The smallest absolute Gasteiger partial charge is 0.00814 e. The molecule has 84 valence electrons. The lowest BCUT2D eigenvalue weighted by molar-refractivity contribution is 0.940. The average Bonchev–Trinajstić information content (AvgIpc) is 2.17. The molecular formula is C15H24. The van der Waals surface area contributed by atoms with E-state index in [9.17, 15) is 0 Å². The maximum absolute atomic E-state index is 3.75. The molecule has 0 spiro atoms. The molecule has 0 aliphatic heterocycles. The Kier molecular flexibility index (Phi) is 7.71. The highest BCUT2D eigenvalue weighted by Gasteiger charge is 1.88. The van der Waals surface area contributed by atoms with Crippen LogP contribution in [0.2, 0.25) is 0 Å². The average molecular weight is 204 g/mol. The molecule has 0 saturated carbocycles. The van der Waals surface area contributed by atoms with Gasteiger partial charge in [-0.05, 0) is 39.5 Å². The quantitative estimate of drug-likeness (QED) is 0.419. The third-order valence-electron chi connectivity index (χ3n) is 2.26. The molecule has 0 heteroatoms. The molecule has 1 unspecified atom stereocenters. The van der Waals surface area contributed by atoms with E-state index in [0.29, 0.717) is 5.92 Å². The summed E-state index contributed by atoms with van der Waals surface area (Å²) in [5.74, 6) is 0.465. The molecule has 0 rings (SSSR count). The highest BCUT2D eigenvalue weighted by atomic mass is 13.9. The monoisotopic (exact) mass is 204 g/mol. The second-order valence-corrected chi connectivity index (χ2v) is 4.31. The highest BCUT2D eigenvalue weighted by molar-refractivity contribution is 5.13. The van der Waals surface area contributed by atoms with Crippen molar-refractivity contribution in [2.24, 2.45) is 5.92 Å². The summed E-state index contributed by atoms with van der Waals surface area (Å²) in [5.41, 5.74) is 2.83. The summed E-state index contributed by atoms with van der Waals surface area (Å²) >= 11 is 0. The van der Waals surface area contributed by atoms with Crippen LogP contribution < -0.4 is 0 Å². The fourth-order valence-corrected chi connectivity index (χ4v) is 1.15. The van der Waals surface area contributed by atoms with Gasteiger partial charge in [-0.2, -0.15) is 0 Å². The van der Waals surface area contributed by atoms with Crippen LogP contribution in [0.25, 0.3) is 0 Å². The molecule has 0 aromatic carbocycles. The van der Waals surface area contributed by atoms with Crippen LogP contribution in [0.5, 0.6) is 0 Å². The van der Waals surface area contributed by atoms with Crippen molar-refractivity contribution in [2.45, 2.75) is 40.5 Å². The molecule has 1 atom stereocenters. The Hall–Kier alpha value is -1.04. The van der Waals surface area contributed by atoms with Crippen LogP contribution in [0.3, 0.4) is 0 Å². The second-order valence-electron chi connectivity index (χ2n) is 4.31. The molecule has 0 aliphatic rings. The van der Waals surface area contributed by atoms with Gasteiger partial charge in [0.2, 0.25) is 0 Å². The Labute approximate surface area is 95.1 Å². The van der Waals surface area contributed by atoms with Crippen molar-refractivity contribution in [2.75, 3.05) is 0 Å². The Bertz CT molecular complexity index is 260. The normalized spacial score (nSPS) is 14.0. The van der Waals surface area contributed by atoms with E-state index in [1.165, 1.54) is 11.1 Å². The molecule has 0 nitrogen and oxygen atoms in total. The molecule has 15 heavy (non-hydrogen) atoms. The molecular weight excluding hydrogens is 180 g/mol. The number of hydrogen-bond acceptors (Lipinski definition) is 0. The molecule has 0 heterocycles. The zero-order valence-electron chi connectivity index (χ0n) is 10.6. The number of rotatable bonds is 6. The minimum Gasteiger partial charge on any atom is -0.102 e. The lowest BCUT2D eigenvalue weighted by Gasteiger charge is -1.97. The summed E-state index contributed by atoms with van der Waals surface area (Å²) in [4.78, 5) is 0. The van der Waals surface area contributed by atoms with Crippen LogP contribution in [-0.2, 0) is 0 Å². The zero-order valence-corrected chi connectivity index (χ0v) is 10.6. The van der Waals surface area contributed by atoms with Gasteiger partial charge in [0.15, 0.2) is 0 Å². The lowest BCUT2D eigenvalue weighted by Crippen LogP contribution is -1.80. The van der Waals surface area contributed by atoms with Crippen LogP contribution >= 0.6 is 0 Å². The maximum Gasteiger partial charge on any atom is -0.00814 e. The molecule has 0 saturated heterocycles. The Morgan fingerprint density at radius 2 is 1.93 bits per heavy atom. The van der Waals surface area contributed by atoms with Gasteiger partial charge in [0, 0.05) is 0 Å². The second kappa shape index (κ2) is 8.28. The van der Waals surface area contributed by atoms with E-state index in [4.69, 9.17) is 0 Å². The van der Waals surface area contributed by atoms with Crippen molar-refractivity contribution in [1.82, 2.24) is 0 Å².